The fourth-order valence-electron chi connectivity index (χ4n) is 1.62. The molecular weight excluding hydrogens is 250 g/mol. The first-order chi connectivity index (χ1) is 8.47. The molecule has 1 heterocycles. The molecule has 0 aromatic carbocycles. The first-order valence-electron chi connectivity index (χ1n) is 6.38. The second-order valence-electron chi connectivity index (χ2n) is 5.19. The van der Waals surface area contributed by atoms with Crippen LogP contribution in [0.1, 0.15) is 32.4 Å². The van der Waals surface area contributed by atoms with E-state index in [0.717, 1.165) is 18.5 Å². The maximum absolute atomic E-state index is 12.0. The van der Waals surface area contributed by atoms with E-state index in [2.05, 4.69) is 28.9 Å². The first kappa shape index (κ1) is 13.6. The van der Waals surface area contributed by atoms with E-state index in [1.54, 1.807) is 12.3 Å². The van der Waals surface area contributed by atoms with Crippen molar-refractivity contribution in [2.45, 2.75) is 44.2 Å². The van der Waals surface area contributed by atoms with Gasteiger partial charge in [-0.05, 0) is 24.8 Å². The van der Waals surface area contributed by atoms with Crippen LogP contribution in [-0.4, -0.2) is 26.0 Å². The van der Waals surface area contributed by atoms with Crippen LogP contribution in [0.15, 0.2) is 17.2 Å². The Morgan fingerprint density at radius 1 is 1.44 bits per heavy atom. The molecule has 1 aliphatic carbocycles. The molecule has 1 aliphatic rings. The number of H-pyrrole nitrogens is 1. The number of nitrogens with one attached hydrogen (secondary N) is 3. The van der Waals surface area contributed by atoms with E-state index in [0.29, 0.717) is 29.9 Å². The largest absolute Gasteiger partial charge is 0.363 e. The summed E-state index contributed by atoms with van der Waals surface area (Å²) in [5.74, 6) is 0.542. The number of hydrogen-bond donors (Lipinski definition) is 3. The smallest absolute Gasteiger partial charge is 0.242 e. The molecule has 0 radical (unpaired) electrons. The van der Waals surface area contributed by atoms with Gasteiger partial charge in [-0.25, -0.2) is 13.1 Å². The van der Waals surface area contributed by atoms with Gasteiger partial charge in [0.1, 0.15) is 0 Å². The van der Waals surface area contributed by atoms with E-state index < -0.39 is 10.0 Å². The minimum Gasteiger partial charge on any atom is -0.363 e. The summed E-state index contributed by atoms with van der Waals surface area (Å²) in [5, 5.41) is 3.24. The van der Waals surface area contributed by atoms with E-state index in [9.17, 15) is 8.42 Å². The third kappa shape index (κ3) is 3.83. The lowest BCUT2D eigenvalue weighted by molar-refractivity contribution is 0.577. The Balaban J connectivity index is 1.94. The summed E-state index contributed by atoms with van der Waals surface area (Å²) in [5.41, 5.74) is 0.885. The molecule has 0 amide bonds. The van der Waals surface area contributed by atoms with Crippen LogP contribution in [-0.2, 0) is 16.6 Å². The molecule has 5 nitrogen and oxygen atoms in total. The van der Waals surface area contributed by atoms with Gasteiger partial charge in [-0.15, -0.1) is 0 Å². The summed E-state index contributed by atoms with van der Waals surface area (Å²) in [6.07, 6.45) is 3.82. The number of rotatable bonds is 7. The van der Waals surface area contributed by atoms with Crippen molar-refractivity contribution < 1.29 is 8.42 Å². The van der Waals surface area contributed by atoms with Gasteiger partial charge < -0.3 is 10.3 Å². The van der Waals surface area contributed by atoms with Crippen molar-refractivity contribution in [3.8, 4) is 0 Å². The molecule has 2 rings (SSSR count). The molecule has 0 atom stereocenters. The predicted octanol–water partition coefficient (Wildman–Crippen LogP) is 1.20. The van der Waals surface area contributed by atoms with Gasteiger partial charge in [0.25, 0.3) is 0 Å². The normalized spacial score (nSPS) is 16.4. The zero-order chi connectivity index (χ0) is 13.2. The van der Waals surface area contributed by atoms with Crippen molar-refractivity contribution in [3.05, 3.63) is 18.0 Å². The predicted molar refractivity (Wildman–Crippen MR) is 70.7 cm³/mol. The lowest BCUT2D eigenvalue weighted by Gasteiger charge is -2.05. The Hall–Kier alpha value is -0.850. The molecule has 6 heteroatoms. The highest BCUT2D eigenvalue weighted by Gasteiger charge is 2.24. The van der Waals surface area contributed by atoms with E-state index >= 15 is 0 Å². The summed E-state index contributed by atoms with van der Waals surface area (Å²) in [7, 11) is -3.34. The SMILES string of the molecule is CC(C)NCc1cc(S(=O)(=O)NCC2CC2)c[nH]1. The van der Waals surface area contributed by atoms with Gasteiger partial charge >= 0.3 is 0 Å². The zero-order valence-electron chi connectivity index (χ0n) is 10.9. The van der Waals surface area contributed by atoms with Gasteiger partial charge in [0.05, 0.1) is 4.90 Å². The van der Waals surface area contributed by atoms with Crippen molar-refractivity contribution in [1.82, 2.24) is 15.0 Å². The van der Waals surface area contributed by atoms with E-state index in [-0.39, 0.29) is 0 Å². The van der Waals surface area contributed by atoms with E-state index in [1.807, 2.05) is 0 Å². The average Bonchev–Trinajstić information content (AvgIpc) is 3.00. The van der Waals surface area contributed by atoms with Gasteiger partial charge in [-0.1, -0.05) is 13.8 Å². The summed E-state index contributed by atoms with van der Waals surface area (Å²) in [6.45, 7) is 5.32. The standard InChI is InChI=1S/C12H21N3O2S/c1-9(2)13-7-11-5-12(8-14-11)18(16,17)15-6-10-3-4-10/h5,8-10,13-15H,3-4,6-7H2,1-2H3. The first-order valence-corrected chi connectivity index (χ1v) is 7.86. The number of aromatic nitrogens is 1. The lowest BCUT2D eigenvalue weighted by Crippen LogP contribution is -2.25. The van der Waals surface area contributed by atoms with Crippen LogP contribution in [0.25, 0.3) is 0 Å². The summed E-state index contributed by atoms with van der Waals surface area (Å²) in [4.78, 5) is 3.31. The fourth-order valence-corrected chi connectivity index (χ4v) is 2.76. The molecular formula is C12H21N3O2S. The minimum absolute atomic E-state index is 0.323. The molecule has 1 aromatic heterocycles. The van der Waals surface area contributed by atoms with Crippen LogP contribution in [0.4, 0.5) is 0 Å². The molecule has 1 aromatic rings. The maximum Gasteiger partial charge on any atom is 0.242 e. The second kappa shape index (κ2) is 5.42. The second-order valence-corrected chi connectivity index (χ2v) is 6.96. The monoisotopic (exact) mass is 271 g/mol. The highest BCUT2D eigenvalue weighted by atomic mass is 32.2. The van der Waals surface area contributed by atoms with Crippen molar-refractivity contribution in [2.75, 3.05) is 6.54 Å². The van der Waals surface area contributed by atoms with Gasteiger partial charge in [0, 0.05) is 31.0 Å². The third-order valence-corrected chi connectivity index (χ3v) is 4.39. The molecule has 0 saturated heterocycles. The summed E-state index contributed by atoms with van der Waals surface area (Å²) in [6, 6.07) is 2.06. The molecule has 3 N–H and O–H groups in total. The summed E-state index contributed by atoms with van der Waals surface area (Å²) < 4.78 is 26.6. The van der Waals surface area contributed by atoms with E-state index in [1.165, 1.54) is 0 Å². The number of hydrogen-bond acceptors (Lipinski definition) is 3. The maximum atomic E-state index is 12.0. The van der Waals surface area contributed by atoms with Crippen molar-refractivity contribution in [1.29, 1.82) is 0 Å². The number of sulfonamides is 1. The number of aromatic amines is 1. The molecule has 0 unspecified atom stereocenters. The van der Waals surface area contributed by atoms with Gasteiger partial charge in [0.15, 0.2) is 0 Å². The highest BCUT2D eigenvalue weighted by molar-refractivity contribution is 7.89. The molecule has 102 valence electrons. The van der Waals surface area contributed by atoms with Crippen molar-refractivity contribution in [2.24, 2.45) is 5.92 Å². The van der Waals surface area contributed by atoms with Crippen LogP contribution >= 0.6 is 0 Å². The molecule has 1 fully saturated rings. The van der Waals surface area contributed by atoms with Crippen LogP contribution < -0.4 is 10.0 Å². The van der Waals surface area contributed by atoms with Crippen molar-refractivity contribution >= 4 is 10.0 Å². The average molecular weight is 271 g/mol. The molecule has 0 spiro atoms. The minimum atomic E-state index is -3.34. The Morgan fingerprint density at radius 3 is 2.78 bits per heavy atom. The van der Waals surface area contributed by atoms with Gasteiger partial charge in [-0.3, -0.25) is 0 Å². The molecule has 18 heavy (non-hydrogen) atoms. The topological polar surface area (TPSA) is 74.0 Å². The third-order valence-electron chi connectivity index (χ3n) is 2.99. The molecule has 1 saturated carbocycles. The van der Waals surface area contributed by atoms with Crippen LogP contribution in [0.5, 0.6) is 0 Å². The lowest BCUT2D eigenvalue weighted by atomic mass is 10.3. The van der Waals surface area contributed by atoms with Gasteiger partial charge in [-0.2, -0.15) is 0 Å². The van der Waals surface area contributed by atoms with Crippen molar-refractivity contribution in [3.63, 3.8) is 0 Å². The molecule has 0 bridgehead atoms. The van der Waals surface area contributed by atoms with Gasteiger partial charge in [0.2, 0.25) is 10.0 Å². The van der Waals surface area contributed by atoms with Crippen LogP contribution in [0, 0.1) is 5.92 Å². The van der Waals surface area contributed by atoms with Crippen LogP contribution in [0.3, 0.4) is 0 Å². The Bertz CT molecular complexity index is 489. The molecule has 0 aliphatic heterocycles. The summed E-state index contributed by atoms with van der Waals surface area (Å²) >= 11 is 0. The van der Waals surface area contributed by atoms with Crippen LogP contribution in [0.2, 0.25) is 0 Å². The Morgan fingerprint density at radius 2 is 2.17 bits per heavy atom. The Labute approximate surface area is 108 Å². The zero-order valence-corrected chi connectivity index (χ0v) is 11.7. The Kier molecular flexibility index (Phi) is 4.09. The van der Waals surface area contributed by atoms with E-state index in [4.69, 9.17) is 0 Å². The quantitative estimate of drug-likeness (QED) is 0.697. The fraction of sp³-hybridized carbons (Fsp3) is 0.667. The highest BCUT2D eigenvalue weighted by Crippen LogP contribution is 2.28.